The van der Waals surface area contributed by atoms with Crippen LogP contribution in [-0.2, 0) is 13.5 Å². The average Bonchev–Trinajstić information content (AvgIpc) is 3.31. The molecule has 174 valence electrons. The maximum atomic E-state index is 6.90. The summed E-state index contributed by atoms with van der Waals surface area (Å²) in [5, 5.41) is 6.88. The molecule has 2 aliphatic rings. The van der Waals surface area contributed by atoms with E-state index in [9.17, 15) is 0 Å². The van der Waals surface area contributed by atoms with Crippen LogP contribution in [0.3, 0.4) is 0 Å². The Morgan fingerprint density at radius 2 is 1.74 bits per heavy atom. The number of nitrogens with zero attached hydrogens (tertiary/aromatic N) is 1. The minimum atomic E-state index is -1.52. The van der Waals surface area contributed by atoms with Crippen molar-refractivity contribution in [1.82, 2.24) is 0 Å². The number of rotatable bonds is 3. The minimum absolute atomic E-state index is 0.826. The smallest absolute Gasteiger partial charge is 0.228 e. The normalized spacial score (nSPS) is 15.7. The van der Waals surface area contributed by atoms with Gasteiger partial charge in [-0.25, -0.2) is 4.57 Å². The monoisotopic (exact) mass is 466 g/mol. The van der Waals surface area contributed by atoms with Crippen LogP contribution in [0.4, 0.5) is 0 Å². The summed E-state index contributed by atoms with van der Waals surface area (Å²) in [5.74, 6) is 2.92. The van der Waals surface area contributed by atoms with Gasteiger partial charge in [-0.3, -0.25) is 0 Å². The lowest BCUT2D eigenvalue weighted by Crippen LogP contribution is -2.38. The van der Waals surface area contributed by atoms with Gasteiger partial charge in [0.25, 0.3) is 0 Å². The number of hydrogen-bond donors (Lipinski definition) is 0. The highest BCUT2D eigenvalue weighted by Gasteiger charge is 2.33. The lowest BCUT2D eigenvalue weighted by Gasteiger charge is -2.27. The molecule has 0 bridgehead atoms. The summed E-state index contributed by atoms with van der Waals surface area (Å²) in [4.78, 5) is 0. The molecule has 2 heterocycles. The zero-order valence-electron chi connectivity index (χ0n) is 21.5. The zero-order chi connectivity index (χ0) is 23.8. The molecule has 0 amide bonds. The van der Waals surface area contributed by atoms with Crippen molar-refractivity contribution in [3.05, 3.63) is 59.3 Å². The molecule has 6 rings (SSSR count). The fourth-order valence-electron chi connectivity index (χ4n) is 6.59. The van der Waals surface area contributed by atoms with E-state index in [0.717, 1.165) is 17.4 Å². The number of fused-ring (bicyclic) bond motifs is 3. The maximum absolute atomic E-state index is 6.90. The lowest BCUT2D eigenvalue weighted by molar-refractivity contribution is -0.659. The summed E-state index contributed by atoms with van der Waals surface area (Å²) < 4.78 is 9.20. The second-order valence-electron chi connectivity index (χ2n) is 11.7. The van der Waals surface area contributed by atoms with E-state index >= 15 is 0 Å². The molecular weight excluding hydrogens is 430 g/mol. The van der Waals surface area contributed by atoms with Gasteiger partial charge in [-0.2, -0.15) is 0 Å². The van der Waals surface area contributed by atoms with Crippen molar-refractivity contribution in [3.8, 4) is 22.8 Å². The van der Waals surface area contributed by atoms with Crippen molar-refractivity contribution in [2.75, 3.05) is 0 Å². The van der Waals surface area contributed by atoms with Crippen molar-refractivity contribution in [3.63, 3.8) is 0 Å². The van der Waals surface area contributed by atoms with E-state index in [4.69, 9.17) is 4.74 Å². The highest BCUT2D eigenvalue weighted by atomic mass is 28.3. The first-order valence-electron chi connectivity index (χ1n) is 12.9. The highest BCUT2D eigenvalue weighted by Crippen LogP contribution is 2.50. The average molecular weight is 467 g/mol. The molecule has 0 atom stereocenters. The predicted octanol–water partition coefficient (Wildman–Crippen LogP) is 7.48. The summed E-state index contributed by atoms with van der Waals surface area (Å²) in [6, 6.07) is 13.9. The molecule has 1 aromatic heterocycles. The highest BCUT2D eigenvalue weighted by molar-refractivity contribution is 6.90. The van der Waals surface area contributed by atoms with Crippen LogP contribution in [0.25, 0.3) is 32.8 Å². The molecule has 1 fully saturated rings. The van der Waals surface area contributed by atoms with Crippen LogP contribution in [0.1, 0.15) is 42.4 Å². The van der Waals surface area contributed by atoms with E-state index in [1.165, 1.54) is 86.8 Å². The molecule has 1 aliphatic heterocycles. The third-order valence-electron chi connectivity index (χ3n) is 8.30. The van der Waals surface area contributed by atoms with Gasteiger partial charge in [0.15, 0.2) is 6.20 Å². The molecule has 2 nitrogen and oxygen atoms in total. The molecular formula is C31H36NOSi+. The molecule has 0 unspecified atom stereocenters. The van der Waals surface area contributed by atoms with Crippen LogP contribution in [-0.4, -0.2) is 8.07 Å². The van der Waals surface area contributed by atoms with Gasteiger partial charge in [0.05, 0.1) is 19.0 Å². The summed E-state index contributed by atoms with van der Waals surface area (Å²) in [5.41, 5.74) is 6.61. The van der Waals surface area contributed by atoms with Crippen LogP contribution in [0.2, 0.25) is 19.6 Å². The molecule has 3 heteroatoms. The molecule has 4 aromatic rings. The lowest BCUT2D eigenvalue weighted by atomic mass is 9.88. The minimum Gasteiger partial charge on any atom is -0.455 e. The van der Waals surface area contributed by atoms with Crippen molar-refractivity contribution >= 4 is 34.8 Å². The first-order valence-corrected chi connectivity index (χ1v) is 16.4. The Morgan fingerprint density at radius 3 is 2.47 bits per heavy atom. The Labute approximate surface area is 204 Å². The Kier molecular flexibility index (Phi) is 4.93. The third kappa shape index (κ3) is 3.24. The molecule has 34 heavy (non-hydrogen) atoms. The summed E-state index contributed by atoms with van der Waals surface area (Å²) >= 11 is 0. The van der Waals surface area contributed by atoms with E-state index in [0.29, 0.717) is 0 Å². The van der Waals surface area contributed by atoms with Gasteiger partial charge in [-0.15, -0.1) is 0 Å². The number of hydrogen-bond acceptors (Lipinski definition) is 1. The molecule has 0 N–H and O–H groups in total. The molecule has 0 spiro atoms. The standard InChI is InChI=1S/C31H36NOSi/c1-19-24-12-9-13-26(34(4,5)6)27(24)20(2)31-28(19)30-29-23(14-15-32(30)3)17-22(18-25(29)33-31)16-21-10-7-8-11-21/h9,12-15,17-18,21H,7-8,10-11,16H2,1-6H3/q+1. The first kappa shape index (κ1) is 21.9. The number of pyridine rings is 1. The second-order valence-corrected chi connectivity index (χ2v) is 16.8. The predicted molar refractivity (Wildman–Crippen MR) is 146 cm³/mol. The molecule has 3 aromatic carbocycles. The molecule has 0 radical (unpaired) electrons. The quantitative estimate of drug-likeness (QED) is 0.198. The van der Waals surface area contributed by atoms with Gasteiger partial charge in [-0.05, 0) is 59.5 Å². The second kappa shape index (κ2) is 7.68. The van der Waals surface area contributed by atoms with E-state index in [2.05, 4.69) is 87.7 Å². The SMILES string of the molecule is Cc1c2c(c(C)c3c([Si](C)(C)C)cccc13)Oc1cc(CC3CCCC3)cc3cc[n+](C)c-2c13. The van der Waals surface area contributed by atoms with E-state index in [-0.39, 0.29) is 0 Å². The largest absolute Gasteiger partial charge is 0.455 e. The first-order chi connectivity index (χ1) is 16.2. The molecule has 0 saturated heterocycles. The fourth-order valence-corrected chi connectivity index (χ4v) is 8.26. The van der Waals surface area contributed by atoms with Crippen LogP contribution in [0.5, 0.6) is 11.5 Å². The number of ether oxygens (including phenoxy) is 1. The van der Waals surface area contributed by atoms with E-state index in [1.807, 2.05) is 0 Å². The Bertz CT molecular complexity index is 1470. The van der Waals surface area contributed by atoms with Crippen LogP contribution >= 0.6 is 0 Å². The number of aromatic nitrogens is 1. The van der Waals surface area contributed by atoms with Gasteiger partial charge < -0.3 is 4.74 Å². The van der Waals surface area contributed by atoms with Crippen molar-refractivity contribution in [2.45, 2.75) is 65.6 Å². The van der Waals surface area contributed by atoms with E-state index in [1.54, 1.807) is 0 Å². The summed E-state index contributed by atoms with van der Waals surface area (Å²) in [6.45, 7) is 11.9. The summed E-state index contributed by atoms with van der Waals surface area (Å²) in [7, 11) is 0.659. The fraction of sp³-hybridized carbons (Fsp3) is 0.387. The third-order valence-corrected chi connectivity index (χ3v) is 10.3. The summed E-state index contributed by atoms with van der Waals surface area (Å²) in [6.07, 6.45) is 8.92. The van der Waals surface area contributed by atoms with Crippen LogP contribution in [0.15, 0.2) is 42.6 Å². The van der Waals surface area contributed by atoms with Gasteiger partial charge in [-0.1, -0.05) is 74.8 Å². The van der Waals surface area contributed by atoms with Crippen molar-refractivity contribution in [1.29, 1.82) is 0 Å². The van der Waals surface area contributed by atoms with Crippen LogP contribution < -0.4 is 14.5 Å². The Hall–Kier alpha value is -2.65. The topological polar surface area (TPSA) is 13.1 Å². The number of benzene rings is 3. The molecule has 1 saturated carbocycles. The Morgan fingerprint density at radius 1 is 0.971 bits per heavy atom. The van der Waals surface area contributed by atoms with E-state index < -0.39 is 8.07 Å². The van der Waals surface area contributed by atoms with Gasteiger partial charge in [0, 0.05) is 11.6 Å². The van der Waals surface area contributed by atoms with Gasteiger partial charge in [0.2, 0.25) is 5.69 Å². The van der Waals surface area contributed by atoms with Crippen LogP contribution in [0, 0.1) is 19.8 Å². The number of aryl methyl sites for hydroxylation is 3. The Balaban J connectivity index is 1.65. The van der Waals surface area contributed by atoms with Gasteiger partial charge in [0.1, 0.15) is 18.5 Å². The van der Waals surface area contributed by atoms with Gasteiger partial charge >= 0.3 is 0 Å². The zero-order valence-corrected chi connectivity index (χ0v) is 22.5. The maximum Gasteiger partial charge on any atom is 0.228 e. The van der Waals surface area contributed by atoms with Crippen molar-refractivity contribution < 1.29 is 9.30 Å². The molecule has 1 aliphatic carbocycles. The van der Waals surface area contributed by atoms with Crippen molar-refractivity contribution in [2.24, 2.45) is 13.0 Å².